The summed E-state index contributed by atoms with van der Waals surface area (Å²) in [5, 5.41) is 12.6. The largest absolute Gasteiger partial charge is 0.480 e. The second-order valence-electron chi connectivity index (χ2n) is 5.36. The Kier molecular flexibility index (Phi) is 3.07. The molecule has 1 fully saturated rings. The summed E-state index contributed by atoms with van der Waals surface area (Å²) in [6, 6.07) is -0.406. The molecule has 3 rings (SSSR count). The number of hydrogen-bond donors (Lipinski definition) is 2. The Morgan fingerprint density at radius 1 is 1.56 bits per heavy atom. The maximum Gasteiger partial charge on any atom is 0.326 e. The third kappa shape index (κ3) is 2.14. The van der Waals surface area contributed by atoms with Crippen molar-refractivity contribution in [2.24, 2.45) is 5.92 Å². The molecule has 5 heteroatoms. The van der Waals surface area contributed by atoms with Crippen molar-refractivity contribution in [2.75, 3.05) is 13.1 Å². The molecule has 2 aliphatic rings. The lowest BCUT2D eigenvalue weighted by Crippen LogP contribution is -2.24. The molecule has 0 aromatic carbocycles. The van der Waals surface area contributed by atoms with E-state index in [0.717, 1.165) is 50.3 Å². The first-order chi connectivity index (χ1) is 8.74. The van der Waals surface area contributed by atoms with Gasteiger partial charge in [-0.05, 0) is 44.7 Å². The van der Waals surface area contributed by atoms with Gasteiger partial charge in [0.2, 0.25) is 0 Å². The second kappa shape index (κ2) is 4.72. The van der Waals surface area contributed by atoms with E-state index in [1.165, 1.54) is 6.42 Å². The Morgan fingerprint density at radius 3 is 3.17 bits per heavy atom. The molecular formula is C13H19N3O2. The lowest BCUT2D eigenvalue weighted by molar-refractivity contribution is -0.141. The molecule has 0 spiro atoms. The van der Waals surface area contributed by atoms with E-state index in [0.29, 0.717) is 5.92 Å². The predicted molar refractivity (Wildman–Crippen MR) is 66.5 cm³/mol. The average molecular weight is 249 g/mol. The number of imidazole rings is 1. The third-order valence-corrected chi connectivity index (χ3v) is 4.02. The van der Waals surface area contributed by atoms with Crippen LogP contribution in [0.2, 0.25) is 0 Å². The highest BCUT2D eigenvalue weighted by Crippen LogP contribution is 2.26. The SMILES string of the molecule is O=C(O)C1CCCc2nc(CC3CCNC3)cn21. The van der Waals surface area contributed by atoms with Gasteiger partial charge in [-0.25, -0.2) is 9.78 Å². The molecular weight excluding hydrogens is 230 g/mol. The molecule has 0 bridgehead atoms. The number of fused-ring (bicyclic) bond motifs is 1. The minimum atomic E-state index is -0.734. The van der Waals surface area contributed by atoms with Crippen molar-refractivity contribution in [3.63, 3.8) is 0 Å². The summed E-state index contributed by atoms with van der Waals surface area (Å²) in [5.74, 6) is 0.877. The van der Waals surface area contributed by atoms with Gasteiger partial charge < -0.3 is 15.0 Å². The Labute approximate surface area is 106 Å². The van der Waals surface area contributed by atoms with Gasteiger partial charge in [-0.2, -0.15) is 0 Å². The molecule has 0 aliphatic carbocycles. The van der Waals surface area contributed by atoms with Crippen molar-refractivity contribution in [1.82, 2.24) is 14.9 Å². The van der Waals surface area contributed by atoms with Crippen LogP contribution in [-0.2, 0) is 17.6 Å². The van der Waals surface area contributed by atoms with Crippen molar-refractivity contribution >= 4 is 5.97 Å². The minimum absolute atomic E-state index is 0.406. The summed E-state index contributed by atoms with van der Waals surface area (Å²) in [6.07, 6.45) is 6.70. The van der Waals surface area contributed by atoms with Crippen LogP contribution in [0.15, 0.2) is 6.20 Å². The van der Waals surface area contributed by atoms with Gasteiger partial charge in [0, 0.05) is 12.6 Å². The molecule has 98 valence electrons. The van der Waals surface area contributed by atoms with Crippen LogP contribution < -0.4 is 5.32 Å². The number of rotatable bonds is 3. The molecule has 1 aromatic heterocycles. The predicted octanol–water partition coefficient (Wildman–Crippen LogP) is 0.997. The van der Waals surface area contributed by atoms with Gasteiger partial charge >= 0.3 is 5.97 Å². The Bertz CT molecular complexity index is 449. The molecule has 18 heavy (non-hydrogen) atoms. The van der Waals surface area contributed by atoms with E-state index >= 15 is 0 Å². The van der Waals surface area contributed by atoms with Crippen LogP contribution in [0.1, 0.15) is 36.8 Å². The number of carboxylic acids is 1. The second-order valence-corrected chi connectivity index (χ2v) is 5.36. The van der Waals surface area contributed by atoms with Gasteiger partial charge in [-0.1, -0.05) is 0 Å². The number of nitrogens with zero attached hydrogens (tertiary/aromatic N) is 2. The fourth-order valence-electron chi connectivity index (χ4n) is 3.06. The summed E-state index contributed by atoms with van der Waals surface area (Å²) >= 11 is 0. The maximum absolute atomic E-state index is 11.2. The van der Waals surface area contributed by atoms with Gasteiger partial charge in [0.1, 0.15) is 11.9 Å². The topological polar surface area (TPSA) is 67.2 Å². The molecule has 5 nitrogen and oxygen atoms in total. The number of carbonyl (C=O) groups is 1. The van der Waals surface area contributed by atoms with Crippen LogP contribution in [0, 0.1) is 5.92 Å². The van der Waals surface area contributed by atoms with Gasteiger partial charge in [0.15, 0.2) is 0 Å². The highest BCUT2D eigenvalue weighted by Gasteiger charge is 2.27. The van der Waals surface area contributed by atoms with Crippen molar-refractivity contribution in [3.8, 4) is 0 Å². The van der Waals surface area contributed by atoms with E-state index in [1.54, 1.807) is 0 Å². The molecule has 0 amide bonds. The molecule has 3 heterocycles. The number of carboxylic acid groups (broad SMARTS) is 1. The van der Waals surface area contributed by atoms with Gasteiger partial charge in [0.25, 0.3) is 0 Å². The van der Waals surface area contributed by atoms with Crippen LogP contribution in [0.4, 0.5) is 0 Å². The normalized spacial score (nSPS) is 27.1. The number of aromatic nitrogens is 2. The summed E-state index contributed by atoms with van der Waals surface area (Å²) in [5.41, 5.74) is 1.06. The number of aryl methyl sites for hydroxylation is 1. The highest BCUT2D eigenvalue weighted by atomic mass is 16.4. The van der Waals surface area contributed by atoms with Crippen LogP contribution in [-0.4, -0.2) is 33.7 Å². The number of hydrogen-bond acceptors (Lipinski definition) is 3. The Balaban J connectivity index is 1.79. The van der Waals surface area contributed by atoms with Gasteiger partial charge in [0.05, 0.1) is 5.69 Å². The van der Waals surface area contributed by atoms with Crippen LogP contribution in [0.25, 0.3) is 0 Å². The smallest absolute Gasteiger partial charge is 0.326 e. The van der Waals surface area contributed by atoms with E-state index in [4.69, 9.17) is 0 Å². The summed E-state index contributed by atoms with van der Waals surface area (Å²) < 4.78 is 1.88. The molecule has 2 aliphatic heterocycles. The lowest BCUT2D eigenvalue weighted by Gasteiger charge is -2.20. The van der Waals surface area contributed by atoms with Gasteiger partial charge in [-0.15, -0.1) is 0 Å². The molecule has 1 saturated heterocycles. The first kappa shape index (κ1) is 11.7. The van der Waals surface area contributed by atoms with E-state index in [2.05, 4.69) is 10.3 Å². The number of aliphatic carboxylic acids is 1. The first-order valence-electron chi connectivity index (χ1n) is 6.74. The van der Waals surface area contributed by atoms with Crippen molar-refractivity contribution in [1.29, 1.82) is 0 Å². The molecule has 2 N–H and O–H groups in total. The summed E-state index contributed by atoms with van der Waals surface area (Å²) in [7, 11) is 0. The molecule has 0 radical (unpaired) electrons. The number of nitrogens with one attached hydrogen (secondary N) is 1. The zero-order chi connectivity index (χ0) is 12.5. The van der Waals surface area contributed by atoms with Crippen molar-refractivity contribution in [3.05, 3.63) is 17.7 Å². The zero-order valence-corrected chi connectivity index (χ0v) is 10.4. The van der Waals surface area contributed by atoms with E-state index < -0.39 is 12.0 Å². The van der Waals surface area contributed by atoms with Crippen LogP contribution in [0.3, 0.4) is 0 Å². The van der Waals surface area contributed by atoms with Crippen molar-refractivity contribution in [2.45, 2.75) is 38.1 Å². The monoisotopic (exact) mass is 249 g/mol. The summed E-state index contributed by atoms with van der Waals surface area (Å²) in [4.78, 5) is 15.8. The maximum atomic E-state index is 11.2. The lowest BCUT2D eigenvalue weighted by atomic mass is 10.0. The van der Waals surface area contributed by atoms with E-state index in [9.17, 15) is 9.90 Å². The fourth-order valence-corrected chi connectivity index (χ4v) is 3.06. The minimum Gasteiger partial charge on any atom is -0.480 e. The Hall–Kier alpha value is -1.36. The van der Waals surface area contributed by atoms with Crippen LogP contribution >= 0.6 is 0 Å². The highest BCUT2D eigenvalue weighted by molar-refractivity contribution is 5.72. The van der Waals surface area contributed by atoms with E-state index in [-0.39, 0.29) is 0 Å². The Morgan fingerprint density at radius 2 is 2.44 bits per heavy atom. The molecule has 0 saturated carbocycles. The standard InChI is InChI=1S/C13H19N3O2/c17-13(18)11-2-1-3-12-15-10(8-16(11)12)6-9-4-5-14-7-9/h8-9,11,14H,1-7H2,(H,17,18). The zero-order valence-electron chi connectivity index (χ0n) is 10.4. The third-order valence-electron chi connectivity index (χ3n) is 4.02. The quantitative estimate of drug-likeness (QED) is 0.838. The molecule has 2 atom stereocenters. The van der Waals surface area contributed by atoms with E-state index in [1.807, 2.05) is 10.8 Å². The van der Waals surface area contributed by atoms with Crippen LogP contribution in [0.5, 0.6) is 0 Å². The molecule has 2 unspecified atom stereocenters. The molecule has 1 aromatic rings. The average Bonchev–Trinajstić information content (AvgIpc) is 2.96. The van der Waals surface area contributed by atoms with Gasteiger partial charge in [-0.3, -0.25) is 0 Å². The fraction of sp³-hybridized carbons (Fsp3) is 0.692. The summed E-state index contributed by atoms with van der Waals surface area (Å²) in [6.45, 7) is 2.15. The van der Waals surface area contributed by atoms with Crippen molar-refractivity contribution < 1.29 is 9.90 Å². The first-order valence-corrected chi connectivity index (χ1v) is 6.74.